The van der Waals surface area contributed by atoms with Crippen LogP contribution in [-0.4, -0.2) is 37.8 Å². The van der Waals surface area contributed by atoms with Gasteiger partial charge in [-0.05, 0) is 31.4 Å². The van der Waals surface area contributed by atoms with Gasteiger partial charge >= 0.3 is 0 Å². The van der Waals surface area contributed by atoms with Crippen molar-refractivity contribution in [2.24, 2.45) is 5.92 Å². The van der Waals surface area contributed by atoms with Gasteiger partial charge in [-0.25, -0.2) is 4.98 Å². The molecule has 1 aliphatic heterocycles. The highest BCUT2D eigenvalue weighted by atomic mass is 35.5. The molecule has 1 saturated carbocycles. The molecule has 2 fully saturated rings. The first kappa shape index (κ1) is 14.1. The van der Waals surface area contributed by atoms with Crippen LogP contribution >= 0.6 is 11.6 Å². The second-order valence-electron chi connectivity index (χ2n) is 5.81. The Morgan fingerprint density at radius 1 is 1.40 bits per heavy atom. The summed E-state index contributed by atoms with van der Waals surface area (Å²) in [6, 6.07) is 4.67. The van der Waals surface area contributed by atoms with Crippen LogP contribution in [0.2, 0.25) is 5.02 Å². The van der Waals surface area contributed by atoms with Gasteiger partial charge in [-0.3, -0.25) is 0 Å². The van der Waals surface area contributed by atoms with E-state index >= 15 is 0 Å². The van der Waals surface area contributed by atoms with E-state index in [4.69, 9.17) is 21.3 Å². The molecule has 20 heavy (non-hydrogen) atoms. The average Bonchev–Trinajstić information content (AvgIpc) is 3.16. The normalized spacial score (nSPS) is 22.5. The topological polar surface area (TPSA) is 37.4 Å². The molecular formula is C15H22ClN3O. The van der Waals surface area contributed by atoms with E-state index in [2.05, 4.69) is 10.2 Å². The summed E-state index contributed by atoms with van der Waals surface area (Å²) in [5.74, 6) is 1.66. The van der Waals surface area contributed by atoms with Crippen molar-refractivity contribution in [2.45, 2.75) is 31.8 Å². The van der Waals surface area contributed by atoms with Gasteiger partial charge < -0.3 is 15.0 Å². The molecule has 1 atom stereocenters. The highest BCUT2D eigenvalue weighted by Crippen LogP contribution is 2.26. The summed E-state index contributed by atoms with van der Waals surface area (Å²) < 4.78 is 5.25. The van der Waals surface area contributed by atoms with Crippen molar-refractivity contribution in [1.82, 2.24) is 10.3 Å². The Bertz CT molecular complexity index is 464. The highest BCUT2D eigenvalue weighted by molar-refractivity contribution is 6.31. The number of anilines is 1. The molecule has 0 bridgehead atoms. The number of pyridine rings is 1. The zero-order valence-electron chi connectivity index (χ0n) is 11.9. The summed E-state index contributed by atoms with van der Waals surface area (Å²) >= 11 is 6.24. The molecule has 1 N–H and O–H groups in total. The molecule has 2 heterocycles. The molecule has 1 aromatic rings. The lowest BCUT2D eigenvalue weighted by atomic mass is 10.1. The van der Waals surface area contributed by atoms with Crippen molar-refractivity contribution in [1.29, 1.82) is 0 Å². The largest absolute Gasteiger partial charge is 0.384 e. The maximum Gasteiger partial charge on any atom is 0.128 e. The lowest BCUT2D eigenvalue weighted by Gasteiger charge is -2.19. The molecule has 0 aromatic carbocycles. The molecule has 0 radical (unpaired) electrons. The predicted molar refractivity (Wildman–Crippen MR) is 81.3 cm³/mol. The van der Waals surface area contributed by atoms with Crippen molar-refractivity contribution >= 4 is 17.4 Å². The minimum atomic E-state index is 0.616. The van der Waals surface area contributed by atoms with Crippen LogP contribution in [0.15, 0.2) is 12.1 Å². The molecular weight excluding hydrogens is 274 g/mol. The number of rotatable bonds is 6. The number of halogens is 1. The van der Waals surface area contributed by atoms with E-state index in [1.165, 1.54) is 19.3 Å². The van der Waals surface area contributed by atoms with Gasteiger partial charge in [0, 0.05) is 38.7 Å². The van der Waals surface area contributed by atoms with E-state index in [9.17, 15) is 0 Å². The molecule has 1 saturated heterocycles. The fraction of sp³-hybridized carbons (Fsp3) is 0.667. The summed E-state index contributed by atoms with van der Waals surface area (Å²) in [6.07, 6.45) is 3.73. The Labute approximate surface area is 125 Å². The SMILES string of the molecule is COCC1CCN(c2ccc(Cl)c(CNC3CC3)n2)C1. The molecule has 2 aliphatic rings. The number of aromatic nitrogens is 1. The summed E-state index contributed by atoms with van der Waals surface area (Å²) in [5.41, 5.74) is 0.964. The third-order valence-electron chi connectivity index (χ3n) is 4.05. The second kappa shape index (κ2) is 6.29. The van der Waals surface area contributed by atoms with E-state index < -0.39 is 0 Å². The van der Waals surface area contributed by atoms with Crippen molar-refractivity contribution in [2.75, 3.05) is 31.7 Å². The minimum absolute atomic E-state index is 0.616. The third kappa shape index (κ3) is 3.43. The van der Waals surface area contributed by atoms with Gasteiger partial charge in [0.25, 0.3) is 0 Å². The molecule has 5 heteroatoms. The Kier molecular flexibility index (Phi) is 4.44. The Hall–Kier alpha value is -0.840. The van der Waals surface area contributed by atoms with Gasteiger partial charge in [0.05, 0.1) is 17.3 Å². The van der Waals surface area contributed by atoms with Crippen LogP contribution in [0.4, 0.5) is 5.82 Å². The number of nitrogens with zero attached hydrogens (tertiary/aromatic N) is 2. The van der Waals surface area contributed by atoms with E-state index in [1.54, 1.807) is 7.11 Å². The Balaban J connectivity index is 1.65. The molecule has 0 amide bonds. The lowest BCUT2D eigenvalue weighted by Crippen LogP contribution is -2.23. The Morgan fingerprint density at radius 2 is 2.25 bits per heavy atom. The fourth-order valence-corrected chi connectivity index (χ4v) is 2.89. The maximum atomic E-state index is 6.24. The van der Waals surface area contributed by atoms with Gasteiger partial charge in [0.15, 0.2) is 0 Å². The number of nitrogens with one attached hydrogen (secondary N) is 1. The molecule has 0 spiro atoms. The summed E-state index contributed by atoms with van der Waals surface area (Å²) in [5, 5.41) is 4.23. The number of hydrogen-bond donors (Lipinski definition) is 1. The monoisotopic (exact) mass is 295 g/mol. The Morgan fingerprint density at radius 3 is 3.00 bits per heavy atom. The van der Waals surface area contributed by atoms with Crippen molar-refractivity contribution in [3.8, 4) is 0 Å². The van der Waals surface area contributed by atoms with Crippen molar-refractivity contribution in [3.05, 3.63) is 22.8 Å². The molecule has 110 valence electrons. The summed E-state index contributed by atoms with van der Waals surface area (Å²) in [4.78, 5) is 7.07. The average molecular weight is 296 g/mol. The maximum absolute atomic E-state index is 6.24. The van der Waals surface area contributed by atoms with Crippen molar-refractivity contribution < 1.29 is 4.74 Å². The quantitative estimate of drug-likeness (QED) is 0.875. The van der Waals surface area contributed by atoms with Crippen LogP contribution < -0.4 is 10.2 Å². The third-order valence-corrected chi connectivity index (χ3v) is 4.40. The van der Waals surface area contributed by atoms with Gasteiger partial charge in [-0.2, -0.15) is 0 Å². The number of methoxy groups -OCH3 is 1. The van der Waals surface area contributed by atoms with E-state index in [1.807, 2.05) is 12.1 Å². The zero-order chi connectivity index (χ0) is 13.9. The molecule has 1 unspecified atom stereocenters. The molecule has 3 rings (SSSR count). The van der Waals surface area contributed by atoms with Gasteiger partial charge in [0.1, 0.15) is 5.82 Å². The van der Waals surface area contributed by atoms with Crippen LogP contribution in [0.3, 0.4) is 0 Å². The minimum Gasteiger partial charge on any atom is -0.384 e. The first-order valence-electron chi connectivity index (χ1n) is 7.39. The molecule has 1 aromatic heterocycles. The first-order chi connectivity index (χ1) is 9.76. The van der Waals surface area contributed by atoms with Crippen LogP contribution in [0, 0.1) is 5.92 Å². The molecule has 1 aliphatic carbocycles. The standard InChI is InChI=1S/C15H22ClN3O/c1-20-10-11-6-7-19(9-11)15-5-4-13(16)14(18-15)8-17-12-2-3-12/h4-5,11-12,17H,2-3,6-10H2,1H3. The van der Waals surface area contributed by atoms with E-state index in [-0.39, 0.29) is 0 Å². The highest BCUT2D eigenvalue weighted by Gasteiger charge is 2.24. The summed E-state index contributed by atoms with van der Waals surface area (Å²) in [6.45, 7) is 3.68. The number of ether oxygens (including phenoxy) is 1. The van der Waals surface area contributed by atoms with Crippen molar-refractivity contribution in [3.63, 3.8) is 0 Å². The van der Waals surface area contributed by atoms with Gasteiger partial charge in [-0.1, -0.05) is 11.6 Å². The van der Waals surface area contributed by atoms with Crippen LogP contribution in [-0.2, 0) is 11.3 Å². The second-order valence-corrected chi connectivity index (χ2v) is 6.22. The van der Waals surface area contributed by atoms with Crippen LogP contribution in [0.5, 0.6) is 0 Å². The van der Waals surface area contributed by atoms with E-state index in [0.29, 0.717) is 12.0 Å². The van der Waals surface area contributed by atoms with Crippen LogP contribution in [0.25, 0.3) is 0 Å². The van der Waals surface area contributed by atoms with Crippen LogP contribution in [0.1, 0.15) is 25.0 Å². The number of hydrogen-bond acceptors (Lipinski definition) is 4. The van der Waals surface area contributed by atoms with E-state index in [0.717, 1.165) is 42.8 Å². The summed E-state index contributed by atoms with van der Waals surface area (Å²) in [7, 11) is 1.77. The fourth-order valence-electron chi connectivity index (χ4n) is 2.71. The smallest absolute Gasteiger partial charge is 0.128 e. The first-order valence-corrected chi connectivity index (χ1v) is 7.76. The van der Waals surface area contributed by atoms with Gasteiger partial charge in [-0.15, -0.1) is 0 Å². The lowest BCUT2D eigenvalue weighted by molar-refractivity contribution is 0.161. The zero-order valence-corrected chi connectivity index (χ0v) is 12.7. The predicted octanol–water partition coefficient (Wildman–Crippen LogP) is 2.46. The van der Waals surface area contributed by atoms with Gasteiger partial charge in [0.2, 0.25) is 0 Å². The molecule has 4 nitrogen and oxygen atoms in total.